The van der Waals surface area contributed by atoms with Gasteiger partial charge in [-0.3, -0.25) is 4.79 Å². The molecular formula is C15H23NO5. The lowest BCUT2D eigenvalue weighted by Crippen LogP contribution is -2.58. The molecule has 1 aromatic carbocycles. The number of rotatable bonds is 7. The number of aryl methyl sites for hydroxylation is 3. The molecule has 0 aromatic heterocycles. The summed E-state index contributed by atoms with van der Waals surface area (Å²) in [7, 11) is 0. The van der Waals surface area contributed by atoms with E-state index in [-0.39, 0.29) is 6.61 Å². The van der Waals surface area contributed by atoms with Crippen molar-refractivity contribution in [2.75, 3.05) is 26.4 Å². The first-order chi connectivity index (χ1) is 9.87. The van der Waals surface area contributed by atoms with Crippen LogP contribution in [0.15, 0.2) is 12.1 Å². The number of benzene rings is 1. The Hall–Kier alpha value is -1.63. The van der Waals surface area contributed by atoms with Crippen LogP contribution < -0.4 is 10.1 Å². The molecule has 1 amide bonds. The van der Waals surface area contributed by atoms with E-state index in [1.165, 1.54) is 0 Å². The molecule has 0 atom stereocenters. The Balaban J connectivity index is 2.70. The Labute approximate surface area is 124 Å². The number of hydrogen-bond acceptors (Lipinski definition) is 5. The summed E-state index contributed by atoms with van der Waals surface area (Å²) in [4.78, 5) is 11.8. The van der Waals surface area contributed by atoms with Gasteiger partial charge in [0.05, 0.1) is 19.8 Å². The highest BCUT2D eigenvalue weighted by atomic mass is 16.5. The number of hydrogen-bond donors (Lipinski definition) is 4. The van der Waals surface area contributed by atoms with Crippen LogP contribution in [0.2, 0.25) is 0 Å². The van der Waals surface area contributed by atoms with Crippen LogP contribution in [-0.4, -0.2) is 53.2 Å². The van der Waals surface area contributed by atoms with E-state index in [4.69, 9.17) is 20.1 Å². The average molecular weight is 297 g/mol. The molecule has 4 N–H and O–H groups in total. The van der Waals surface area contributed by atoms with Gasteiger partial charge >= 0.3 is 0 Å². The molecule has 0 spiro atoms. The molecule has 118 valence electrons. The zero-order chi connectivity index (χ0) is 16.0. The van der Waals surface area contributed by atoms with Crippen molar-refractivity contribution in [2.45, 2.75) is 26.3 Å². The van der Waals surface area contributed by atoms with Crippen molar-refractivity contribution in [3.8, 4) is 5.75 Å². The van der Waals surface area contributed by atoms with Crippen LogP contribution >= 0.6 is 0 Å². The third kappa shape index (κ3) is 4.42. The van der Waals surface area contributed by atoms with E-state index in [9.17, 15) is 4.79 Å². The highest BCUT2D eigenvalue weighted by Crippen LogP contribution is 2.24. The molecule has 0 aliphatic rings. The summed E-state index contributed by atoms with van der Waals surface area (Å²) in [6.07, 6.45) is 0. The van der Waals surface area contributed by atoms with E-state index in [2.05, 4.69) is 5.32 Å². The molecule has 0 fully saturated rings. The van der Waals surface area contributed by atoms with Crippen LogP contribution in [-0.2, 0) is 4.79 Å². The van der Waals surface area contributed by atoms with Crippen molar-refractivity contribution >= 4 is 5.91 Å². The number of carbonyl (C=O) groups excluding carboxylic acids is 1. The largest absolute Gasteiger partial charge is 0.483 e. The summed E-state index contributed by atoms with van der Waals surface area (Å²) < 4.78 is 5.51. The number of carbonyl (C=O) groups is 1. The summed E-state index contributed by atoms with van der Waals surface area (Å²) in [5.41, 5.74) is 1.54. The maximum atomic E-state index is 11.8. The normalized spacial score (nSPS) is 11.3. The molecule has 0 radical (unpaired) electrons. The number of nitrogens with one attached hydrogen (secondary N) is 1. The van der Waals surface area contributed by atoms with Gasteiger partial charge in [-0.05, 0) is 31.9 Å². The minimum Gasteiger partial charge on any atom is -0.483 e. The molecule has 0 aliphatic heterocycles. The van der Waals surface area contributed by atoms with Gasteiger partial charge in [0, 0.05) is 0 Å². The van der Waals surface area contributed by atoms with Crippen molar-refractivity contribution < 1.29 is 24.9 Å². The van der Waals surface area contributed by atoms with Crippen molar-refractivity contribution in [3.05, 3.63) is 28.8 Å². The summed E-state index contributed by atoms with van der Waals surface area (Å²) in [5.74, 6) is 0.116. The first-order valence-electron chi connectivity index (χ1n) is 6.71. The van der Waals surface area contributed by atoms with Gasteiger partial charge in [-0.1, -0.05) is 17.7 Å². The first kappa shape index (κ1) is 17.4. The Kier molecular flexibility index (Phi) is 6.14. The number of ether oxygens (including phenoxy) is 1. The van der Waals surface area contributed by atoms with Gasteiger partial charge in [-0.15, -0.1) is 0 Å². The molecule has 0 aliphatic carbocycles. The topological polar surface area (TPSA) is 99.0 Å². The van der Waals surface area contributed by atoms with Crippen molar-refractivity contribution in [3.63, 3.8) is 0 Å². The van der Waals surface area contributed by atoms with E-state index >= 15 is 0 Å². The molecule has 1 rings (SSSR count). The fourth-order valence-corrected chi connectivity index (χ4v) is 2.13. The monoisotopic (exact) mass is 297 g/mol. The summed E-state index contributed by atoms with van der Waals surface area (Å²) in [6.45, 7) is 3.83. The van der Waals surface area contributed by atoms with Crippen LogP contribution in [0.5, 0.6) is 5.75 Å². The fraction of sp³-hybridized carbons (Fsp3) is 0.533. The molecular weight excluding hydrogens is 274 g/mol. The van der Waals surface area contributed by atoms with Crippen molar-refractivity contribution in [2.24, 2.45) is 0 Å². The van der Waals surface area contributed by atoms with Gasteiger partial charge in [0.1, 0.15) is 11.3 Å². The minimum atomic E-state index is -1.43. The lowest BCUT2D eigenvalue weighted by Gasteiger charge is -2.28. The number of amides is 1. The van der Waals surface area contributed by atoms with Gasteiger partial charge in [0.25, 0.3) is 5.91 Å². The van der Waals surface area contributed by atoms with Crippen LogP contribution in [0.4, 0.5) is 0 Å². The maximum Gasteiger partial charge on any atom is 0.258 e. The summed E-state index contributed by atoms with van der Waals surface area (Å²) in [6, 6.07) is 3.92. The standard InChI is InChI=1S/C15H23NO5/c1-10-4-11(2)14(12(3)5-10)21-6-13(20)16-15(7-17,8-18)9-19/h4-5,17-19H,6-9H2,1-3H3,(H,16,20). The van der Waals surface area contributed by atoms with Gasteiger partial charge in [-0.2, -0.15) is 0 Å². The SMILES string of the molecule is Cc1cc(C)c(OCC(=O)NC(CO)(CO)CO)c(C)c1. The predicted octanol–water partition coefficient (Wildman–Crippen LogP) is -0.177. The summed E-state index contributed by atoms with van der Waals surface area (Å²) in [5, 5.41) is 29.8. The molecule has 0 heterocycles. The zero-order valence-electron chi connectivity index (χ0n) is 12.6. The van der Waals surface area contributed by atoms with Crippen molar-refractivity contribution in [1.29, 1.82) is 0 Å². The predicted molar refractivity (Wildman–Crippen MR) is 78.3 cm³/mol. The third-order valence-corrected chi connectivity index (χ3v) is 3.26. The average Bonchev–Trinajstić information content (AvgIpc) is 2.43. The smallest absolute Gasteiger partial charge is 0.258 e. The van der Waals surface area contributed by atoms with Gasteiger partial charge in [0.2, 0.25) is 0 Å². The molecule has 6 nitrogen and oxygen atoms in total. The molecule has 0 unspecified atom stereocenters. The van der Waals surface area contributed by atoms with E-state index in [0.29, 0.717) is 5.75 Å². The molecule has 0 saturated carbocycles. The molecule has 0 bridgehead atoms. The minimum absolute atomic E-state index is 0.257. The van der Waals surface area contributed by atoms with Gasteiger partial charge in [0.15, 0.2) is 6.61 Å². The van der Waals surface area contributed by atoms with Crippen LogP contribution in [0.3, 0.4) is 0 Å². The van der Waals surface area contributed by atoms with E-state index in [1.807, 2.05) is 32.9 Å². The van der Waals surface area contributed by atoms with Crippen LogP contribution in [0.25, 0.3) is 0 Å². The third-order valence-electron chi connectivity index (χ3n) is 3.26. The second kappa shape index (κ2) is 7.40. The lowest BCUT2D eigenvalue weighted by atomic mass is 10.0. The number of aliphatic hydroxyl groups is 3. The molecule has 21 heavy (non-hydrogen) atoms. The van der Waals surface area contributed by atoms with E-state index in [1.54, 1.807) is 0 Å². The summed E-state index contributed by atoms with van der Waals surface area (Å²) >= 11 is 0. The van der Waals surface area contributed by atoms with Gasteiger partial charge < -0.3 is 25.4 Å². The second-order valence-corrected chi connectivity index (χ2v) is 5.32. The number of aliphatic hydroxyl groups excluding tert-OH is 3. The first-order valence-corrected chi connectivity index (χ1v) is 6.71. The molecule has 6 heteroatoms. The van der Waals surface area contributed by atoms with Crippen LogP contribution in [0, 0.1) is 20.8 Å². The van der Waals surface area contributed by atoms with E-state index in [0.717, 1.165) is 16.7 Å². The second-order valence-electron chi connectivity index (χ2n) is 5.32. The Morgan fingerprint density at radius 2 is 1.57 bits per heavy atom. The van der Waals surface area contributed by atoms with Crippen molar-refractivity contribution in [1.82, 2.24) is 5.32 Å². The van der Waals surface area contributed by atoms with Crippen LogP contribution in [0.1, 0.15) is 16.7 Å². The van der Waals surface area contributed by atoms with Gasteiger partial charge in [-0.25, -0.2) is 0 Å². The zero-order valence-corrected chi connectivity index (χ0v) is 12.6. The Bertz CT molecular complexity index is 466. The Morgan fingerprint density at radius 1 is 1.10 bits per heavy atom. The molecule has 1 aromatic rings. The fourth-order valence-electron chi connectivity index (χ4n) is 2.13. The Morgan fingerprint density at radius 3 is 2.00 bits per heavy atom. The highest BCUT2D eigenvalue weighted by Gasteiger charge is 2.30. The maximum absolute atomic E-state index is 11.8. The quantitative estimate of drug-likeness (QED) is 0.560. The van der Waals surface area contributed by atoms with E-state index < -0.39 is 31.3 Å². The highest BCUT2D eigenvalue weighted by molar-refractivity contribution is 5.78. The molecule has 0 saturated heterocycles. The lowest BCUT2D eigenvalue weighted by molar-refractivity contribution is -0.127.